The third-order valence-electron chi connectivity index (χ3n) is 8.62. The third-order valence-corrected chi connectivity index (χ3v) is 10.9. The number of allylic oxidation sites excluding steroid dienone is 1. The predicted molar refractivity (Wildman–Crippen MR) is 184 cm³/mol. The van der Waals surface area contributed by atoms with Crippen LogP contribution >= 0.6 is 22.7 Å². The summed E-state index contributed by atoms with van der Waals surface area (Å²) in [5.74, 6) is -0.214. The molecule has 0 saturated heterocycles. The molecule has 2 aliphatic rings. The second-order valence-corrected chi connectivity index (χ2v) is 13.6. The SMILES string of the molecule is CCOC(=O)C1=C(C)N=c2s/c(=C\c3cc(C)n(-c4sc5c(c4C(=O)OCC)CCCC5)c3C)c(=O)n2[C@H]1c1ccccc1OCC. The van der Waals surface area contributed by atoms with Crippen LogP contribution in [0.2, 0.25) is 0 Å². The summed E-state index contributed by atoms with van der Waals surface area (Å²) in [5, 5.41) is 0.869. The molecule has 1 aliphatic heterocycles. The van der Waals surface area contributed by atoms with Crippen LogP contribution in [0.1, 0.15) is 89.9 Å². The zero-order valence-electron chi connectivity index (χ0n) is 27.6. The van der Waals surface area contributed by atoms with Gasteiger partial charge in [-0.3, -0.25) is 9.36 Å². The maximum Gasteiger partial charge on any atom is 0.341 e. The van der Waals surface area contributed by atoms with Gasteiger partial charge in [0.25, 0.3) is 5.56 Å². The average molecular weight is 674 g/mol. The largest absolute Gasteiger partial charge is 0.494 e. The van der Waals surface area contributed by atoms with Gasteiger partial charge in [0, 0.05) is 21.8 Å². The van der Waals surface area contributed by atoms with Crippen LogP contribution in [0.3, 0.4) is 0 Å². The average Bonchev–Trinajstić information content (AvgIpc) is 3.66. The van der Waals surface area contributed by atoms with Crippen molar-refractivity contribution >= 4 is 40.7 Å². The van der Waals surface area contributed by atoms with Gasteiger partial charge in [-0.15, -0.1) is 11.3 Å². The molecule has 0 bridgehead atoms. The summed E-state index contributed by atoms with van der Waals surface area (Å²) in [6.07, 6.45) is 5.88. The van der Waals surface area contributed by atoms with Crippen molar-refractivity contribution in [2.75, 3.05) is 19.8 Å². The number of fused-ring (bicyclic) bond motifs is 2. The molecular weight excluding hydrogens is 635 g/mol. The van der Waals surface area contributed by atoms with Crippen LogP contribution in [0.4, 0.5) is 0 Å². The first-order valence-corrected chi connectivity index (χ1v) is 17.8. The van der Waals surface area contributed by atoms with Gasteiger partial charge in [-0.1, -0.05) is 29.5 Å². The molecule has 0 fully saturated rings. The van der Waals surface area contributed by atoms with Gasteiger partial charge in [-0.05, 0) is 96.6 Å². The van der Waals surface area contributed by atoms with Gasteiger partial charge in [-0.2, -0.15) is 0 Å². The number of hydrogen-bond acceptors (Lipinski definition) is 9. The highest BCUT2D eigenvalue weighted by Crippen LogP contribution is 2.40. The van der Waals surface area contributed by atoms with Crippen molar-refractivity contribution in [3.8, 4) is 10.8 Å². The van der Waals surface area contributed by atoms with Crippen LogP contribution < -0.4 is 19.6 Å². The van der Waals surface area contributed by atoms with Gasteiger partial charge < -0.3 is 18.8 Å². The summed E-state index contributed by atoms with van der Waals surface area (Å²) < 4.78 is 21.1. The lowest BCUT2D eigenvalue weighted by molar-refractivity contribution is -0.139. The van der Waals surface area contributed by atoms with Gasteiger partial charge in [-0.25, -0.2) is 14.6 Å². The van der Waals surface area contributed by atoms with E-state index in [0.717, 1.165) is 53.2 Å². The minimum absolute atomic E-state index is 0.195. The van der Waals surface area contributed by atoms with E-state index in [1.165, 1.54) is 16.2 Å². The van der Waals surface area contributed by atoms with Crippen LogP contribution in [0.25, 0.3) is 11.1 Å². The lowest BCUT2D eigenvalue weighted by atomic mass is 9.95. The summed E-state index contributed by atoms with van der Waals surface area (Å²) in [4.78, 5) is 47.4. The molecule has 0 saturated carbocycles. The van der Waals surface area contributed by atoms with Crippen molar-refractivity contribution in [1.82, 2.24) is 9.13 Å². The molecule has 9 nitrogen and oxygen atoms in total. The van der Waals surface area contributed by atoms with Gasteiger partial charge in [0.1, 0.15) is 16.8 Å². The summed E-state index contributed by atoms with van der Waals surface area (Å²) in [6, 6.07) is 8.72. The van der Waals surface area contributed by atoms with Gasteiger partial charge >= 0.3 is 11.9 Å². The molecule has 1 aliphatic carbocycles. The molecule has 0 unspecified atom stereocenters. The fourth-order valence-corrected chi connectivity index (χ4v) is 9.11. The summed E-state index contributed by atoms with van der Waals surface area (Å²) in [5.41, 5.74) is 5.73. The number of hydrogen-bond donors (Lipinski definition) is 0. The first kappa shape index (κ1) is 32.7. The van der Waals surface area contributed by atoms with E-state index in [9.17, 15) is 14.4 Å². The first-order valence-electron chi connectivity index (χ1n) is 16.1. The number of thiophene rings is 1. The zero-order chi connectivity index (χ0) is 33.4. The van der Waals surface area contributed by atoms with E-state index in [4.69, 9.17) is 19.2 Å². The van der Waals surface area contributed by atoms with E-state index in [1.807, 2.05) is 64.1 Å². The smallest absolute Gasteiger partial charge is 0.341 e. The summed E-state index contributed by atoms with van der Waals surface area (Å²) >= 11 is 2.94. The van der Waals surface area contributed by atoms with E-state index >= 15 is 0 Å². The Bertz CT molecular complexity index is 2090. The number of nitrogens with zero attached hydrogens (tertiary/aromatic N) is 3. The maximum absolute atomic E-state index is 14.3. The zero-order valence-corrected chi connectivity index (χ0v) is 29.2. The highest BCUT2D eigenvalue weighted by Gasteiger charge is 2.35. The molecule has 246 valence electrons. The van der Waals surface area contributed by atoms with Crippen LogP contribution in [0.5, 0.6) is 5.75 Å². The van der Waals surface area contributed by atoms with Gasteiger partial charge in [0.2, 0.25) is 0 Å². The van der Waals surface area contributed by atoms with Crippen LogP contribution in [0, 0.1) is 13.8 Å². The summed E-state index contributed by atoms with van der Waals surface area (Å²) in [6.45, 7) is 12.2. The Balaban J connectivity index is 1.52. The molecule has 0 radical (unpaired) electrons. The van der Waals surface area contributed by atoms with Gasteiger partial charge in [0.15, 0.2) is 4.80 Å². The molecule has 4 heterocycles. The molecule has 47 heavy (non-hydrogen) atoms. The monoisotopic (exact) mass is 673 g/mol. The topological polar surface area (TPSA) is 101 Å². The number of esters is 2. The number of rotatable bonds is 9. The van der Waals surface area contributed by atoms with E-state index < -0.39 is 12.0 Å². The van der Waals surface area contributed by atoms with Crippen molar-refractivity contribution in [2.24, 2.45) is 4.99 Å². The van der Waals surface area contributed by atoms with Crippen molar-refractivity contribution in [3.05, 3.63) is 99.8 Å². The van der Waals surface area contributed by atoms with Crippen LogP contribution in [-0.2, 0) is 27.1 Å². The molecule has 0 amide bonds. The Morgan fingerprint density at radius 1 is 0.979 bits per heavy atom. The molecule has 3 aromatic heterocycles. The molecule has 0 spiro atoms. The Kier molecular flexibility index (Phi) is 9.39. The highest BCUT2D eigenvalue weighted by molar-refractivity contribution is 7.15. The predicted octanol–water partition coefficient (Wildman–Crippen LogP) is 5.72. The number of carbonyl (C=O) groups is 2. The lowest BCUT2D eigenvalue weighted by Crippen LogP contribution is -2.40. The number of aryl methyl sites for hydroxylation is 2. The van der Waals surface area contributed by atoms with Gasteiger partial charge in [0.05, 0.1) is 41.2 Å². The molecule has 4 aromatic rings. The minimum Gasteiger partial charge on any atom is -0.494 e. The third kappa shape index (κ3) is 5.80. The number of ether oxygens (including phenoxy) is 3. The lowest BCUT2D eigenvalue weighted by Gasteiger charge is -2.26. The van der Waals surface area contributed by atoms with Crippen molar-refractivity contribution in [2.45, 2.75) is 73.3 Å². The maximum atomic E-state index is 14.3. The highest BCUT2D eigenvalue weighted by atomic mass is 32.1. The van der Waals surface area contributed by atoms with E-state index in [-0.39, 0.29) is 18.1 Å². The van der Waals surface area contributed by atoms with Crippen molar-refractivity contribution < 1.29 is 23.8 Å². The number of aromatic nitrogens is 2. The van der Waals surface area contributed by atoms with Crippen molar-refractivity contribution in [1.29, 1.82) is 0 Å². The fourth-order valence-electron chi connectivity index (χ4n) is 6.59. The second kappa shape index (κ2) is 13.5. The molecule has 0 N–H and O–H groups in total. The van der Waals surface area contributed by atoms with Crippen molar-refractivity contribution in [3.63, 3.8) is 0 Å². The Labute approximate surface area is 281 Å². The van der Waals surface area contributed by atoms with Crippen LogP contribution in [0.15, 0.2) is 51.4 Å². The Hall–Kier alpha value is -4.22. The van der Waals surface area contributed by atoms with E-state index in [0.29, 0.717) is 50.7 Å². The molecular formula is C36H39N3O6S2. The normalized spacial score (nSPS) is 16.0. The van der Waals surface area contributed by atoms with Crippen LogP contribution in [-0.4, -0.2) is 40.9 Å². The molecule has 11 heteroatoms. The second-order valence-electron chi connectivity index (χ2n) is 11.5. The van der Waals surface area contributed by atoms with E-state index in [1.54, 1.807) is 29.8 Å². The summed E-state index contributed by atoms with van der Waals surface area (Å²) in [7, 11) is 0. The standard InChI is InChI=1S/C36H39N3O6S2/c1-7-43-26-16-12-10-14-24(26)31-29(34(41)44-8-2)21(5)37-36-39(31)32(40)28(47-36)19-23-18-20(4)38(22(23)6)33-30(35(42)45-9-3)25-15-11-13-17-27(25)46-33/h10,12,14,16,18-19,31H,7-9,11,13,15,17H2,1-6H3/b28-19-/t31-/m0/s1. The quantitative estimate of drug-likeness (QED) is 0.211. The number of benzene rings is 1. The Morgan fingerprint density at radius 2 is 1.70 bits per heavy atom. The number of carbonyl (C=O) groups excluding carboxylic acids is 2. The van der Waals surface area contributed by atoms with E-state index in [2.05, 4.69) is 4.57 Å². The molecule has 1 atom stereocenters. The molecule has 6 rings (SSSR count). The first-order chi connectivity index (χ1) is 22.7. The molecule has 1 aromatic carbocycles. The minimum atomic E-state index is -0.771. The Morgan fingerprint density at radius 3 is 2.45 bits per heavy atom. The number of thiazole rings is 1. The number of para-hydroxylation sites is 1. The fraction of sp³-hybridized carbons (Fsp3) is 0.389.